The first kappa shape index (κ1) is 8.53. The molecule has 0 aliphatic carbocycles. The van der Waals surface area contributed by atoms with Crippen molar-refractivity contribution in [1.29, 1.82) is 0 Å². The van der Waals surface area contributed by atoms with Crippen LogP contribution >= 0.6 is 0 Å². The molecule has 1 rings (SSSR count). The Morgan fingerprint density at radius 1 is 1.73 bits per heavy atom. The van der Waals surface area contributed by atoms with E-state index < -0.39 is 0 Å². The monoisotopic (exact) mass is 157 g/mol. The molecule has 0 spiro atoms. The standard InChI is InChI=1S/C8H15NO2/c1-2-9(7-10)5-8-3-4-11-6-8/h7-8H,2-6H2,1H3. The van der Waals surface area contributed by atoms with Gasteiger partial charge in [0.15, 0.2) is 0 Å². The highest BCUT2D eigenvalue weighted by Crippen LogP contribution is 2.12. The van der Waals surface area contributed by atoms with Gasteiger partial charge in [0.25, 0.3) is 0 Å². The van der Waals surface area contributed by atoms with Gasteiger partial charge in [-0.1, -0.05) is 0 Å². The molecule has 0 saturated carbocycles. The number of ether oxygens (including phenoxy) is 1. The van der Waals surface area contributed by atoms with Gasteiger partial charge in [-0.2, -0.15) is 0 Å². The van der Waals surface area contributed by atoms with Crippen LogP contribution in [0.3, 0.4) is 0 Å². The maximum Gasteiger partial charge on any atom is 0.209 e. The van der Waals surface area contributed by atoms with Crippen molar-refractivity contribution in [3.8, 4) is 0 Å². The van der Waals surface area contributed by atoms with Gasteiger partial charge in [-0.05, 0) is 13.3 Å². The summed E-state index contributed by atoms with van der Waals surface area (Å²) in [5.74, 6) is 0.570. The highest BCUT2D eigenvalue weighted by molar-refractivity contribution is 5.46. The van der Waals surface area contributed by atoms with E-state index in [0.717, 1.165) is 39.1 Å². The molecule has 1 amide bonds. The fraction of sp³-hybridized carbons (Fsp3) is 0.875. The summed E-state index contributed by atoms with van der Waals surface area (Å²) in [5.41, 5.74) is 0. The Morgan fingerprint density at radius 3 is 3.00 bits per heavy atom. The predicted molar refractivity (Wildman–Crippen MR) is 42.2 cm³/mol. The number of hydrogen-bond donors (Lipinski definition) is 0. The first-order valence-electron chi connectivity index (χ1n) is 4.14. The van der Waals surface area contributed by atoms with Crippen molar-refractivity contribution in [3.05, 3.63) is 0 Å². The normalized spacial score (nSPS) is 23.5. The molecular formula is C8H15NO2. The molecule has 3 heteroatoms. The lowest BCUT2D eigenvalue weighted by Crippen LogP contribution is -2.28. The Labute approximate surface area is 67.3 Å². The molecular weight excluding hydrogens is 142 g/mol. The number of rotatable bonds is 4. The van der Waals surface area contributed by atoms with E-state index in [1.807, 2.05) is 6.92 Å². The Morgan fingerprint density at radius 2 is 2.55 bits per heavy atom. The number of carbonyl (C=O) groups is 1. The summed E-state index contributed by atoms with van der Waals surface area (Å²) in [6.45, 7) is 5.34. The molecule has 1 aliphatic rings. The number of hydrogen-bond acceptors (Lipinski definition) is 2. The summed E-state index contributed by atoms with van der Waals surface area (Å²) in [7, 11) is 0. The molecule has 1 heterocycles. The van der Waals surface area contributed by atoms with Crippen molar-refractivity contribution in [2.75, 3.05) is 26.3 Å². The van der Waals surface area contributed by atoms with Gasteiger partial charge < -0.3 is 9.64 Å². The van der Waals surface area contributed by atoms with Gasteiger partial charge in [0.2, 0.25) is 6.41 Å². The smallest absolute Gasteiger partial charge is 0.209 e. The minimum absolute atomic E-state index is 0.570. The van der Waals surface area contributed by atoms with Crippen LogP contribution in [0.5, 0.6) is 0 Å². The van der Waals surface area contributed by atoms with Crippen molar-refractivity contribution in [3.63, 3.8) is 0 Å². The van der Waals surface area contributed by atoms with E-state index in [4.69, 9.17) is 4.74 Å². The molecule has 0 aromatic carbocycles. The highest BCUT2D eigenvalue weighted by Gasteiger charge is 2.17. The summed E-state index contributed by atoms with van der Waals surface area (Å²) in [6, 6.07) is 0. The Balaban J connectivity index is 2.21. The van der Waals surface area contributed by atoms with Crippen LogP contribution < -0.4 is 0 Å². The molecule has 11 heavy (non-hydrogen) atoms. The van der Waals surface area contributed by atoms with E-state index in [-0.39, 0.29) is 0 Å². The third-order valence-electron chi connectivity index (χ3n) is 2.07. The van der Waals surface area contributed by atoms with Gasteiger partial charge in [-0.3, -0.25) is 4.79 Å². The molecule has 0 radical (unpaired) electrons. The zero-order valence-corrected chi connectivity index (χ0v) is 6.95. The maximum absolute atomic E-state index is 10.4. The van der Waals surface area contributed by atoms with Crippen molar-refractivity contribution < 1.29 is 9.53 Å². The van der Waals surface area contributed by atoms with Gasteiger partial charge in [-0.25, -0.2) is 0 Å². The van der Waals surface area contributed by atoms with Gasteiger partial charge in [0.1, 0.15) is 0 Å². The third-order valence-corrected chi connectivity index (χ3v) is 2.07. The first-order chi connectivity index (χ1) is 5.36. The molecule has 0 aromatic rings. The lowest BCUT2D eigenvalue weighted by Gasteiger charge is -2.17. The molecule has 0 N–H and O–H groups in total. The maximum atomic E-state index is 10.4. The number of carbonyl (C=O) groups excluding carboxylic acids is 1. The Bertz CT molecular complexity index is 121. The summed E-state index contributed by atoms with van der Waals surface area (Å²) >= 11 is 0. The fourth-order valence-corrected chi connectivity index (χ4v) is 1.31. The second-order valence-corrected chi connectivity index (χ2v) is 2.92. The molecule has 1 aliphatic heterocycles. The predicted octanol–water partition coefficient (Wildman–Crippen LogP) is 0.501. The minimum atomic E-state index is 0.570. The average molecular weight is 157 g/mol. The Hall–Kier alpha value is -0.570. The average Bonchev–Trinajstić information content (AvgIpc) is 2.52. The first-order valence-corrected chi connectivity index (χ1v) is 4.14. The summed E-state index contributed by atoms with van der Waals surface area (Å²) in [5, 5.41) is 0. The van der Waals surface area contributed by atoms with Gasteiger partial charge in [0.05, 0.1) is 6.61 Å². The topological polar surface area (TPSA) is 29.5 Å². The van der Waals surface area contributed by atoms with Crippen molar-refractivity contribution in [2.24, 2.45) is 5.92 Å². The van der Waals surface area contributed by atoms with Crippen LogP contribution in [0.15, 0.2) is 0 Å². The number of amides is 1. The zero-order valence-electron chi connectivity index (χ0n) is 6.95. The summed E-state index contributed by atoms with van der Waals surface area (Å²) in [6.07, 6.45) is 2.02. The zero-order chi connectivity index (χ0) is 8.10. The fourth-order valence-electron chi connectivity index (χ4n) is 1.31. The molecule has 1 unspecified atom stereocenters. The molecule has 3 nitrogen and oxygen atoms in total. The van der Waals surface area contributed by atoms with Gasteiger partial charge in [-0.15, -0.1) is 0 Å². The van der Waals surface area contributed by atoms with E-state index >= 15 is 0 Å². The van der Waals surface area contributed by atoms with E-state index in [2.05, 4.69) is 0 Å². The largest absolute Gasteiger partial charge is 0.381 e. The molecule has 0 aromatic heterocycles. The van der Waals surface area contributed by atoms with Crippen LogP contribution in [0.1, 0.15) is 13.3 Å². The van der Waals surface area contributed by atoms with Crippen LogP contribution in [0.2, 0.25) is 0 Å². The van der Waals surface area contributed by atoms with Crippen LogP contribution in [-0.2, 0) is 9.53 Å². The minimum Gasteiger partial charge on any atom is -0.381 e. The lowest BCUT2D eigenvalue weighted by atomic mass is 10.1. The number of nitrogens with zero attached hydrogens (tertiary/aromatic N) is 1. The van der Waals surface area contributed by atoms with E-state index in [1.54, 1.807) is 4.90 Å². The highest BCUT2D eigenvalue weighted by atomic mass is 16.5. The van der Waals surface area contributed by atoms with E-state index in [9.17, 15) is 4.79 Å². The van der Waals surface area contributed by atoms with Crippen molar-refractivity contribution in [2.45, 2.75) is 13.3 Å². The summed E-state index contributed by atoms with van der Waals surface area (Å²) < 4.78 is 5.20. The van der Waals surface area contributed by atoms with Gasteiger partial charge in [0, 0.05) is 25.6 Å². The molecule has 1 atom stereocenters. The molecule has 1 fully saturated rings. The van der Waals surface area contributed by atoms with Crippen LogP contribution in [-0.4, -0.2) is 37.6 Å². The second kappa shape index (κ2) is 4.34. The summed E-state index contributed by atoms with van der Waals surface area (Å²) in [4.78, 5) is 12.2. The van der Waals surface area contributed by atoms with Crippen molar-refractivity contribution in [1.82, 2.24) is 4.90 Å². The Kier molecular flexibility index (Phi) is 3.36. The lowest BCUT2D eigenvalue weighted by molar-refractivity contribution is -0.118. The quantitative estimate of drug-likeness (QED) is 0.556. The van der Waals surface area contributed by atoms with Gasteiger partial charge >= 0.3 is 0 Å². The molecule has 0 bridgehead atoms. The van der Waals surface area contributed by atoms with E-state index in [1.165, 1.54) is 0 Å². The second-order valence-electron chi connectivity index (χ2n) is 2.92. The van der Waals surface area contributed by atoms with Crippen LogP contribution in [0, 0.1) is 5.92 Å². The third kappa shape index (κ3) is 2.50. The molecule has 64 valence electrons. The van der Waals surface area contributed by atoms with Crippen molar-refractivity contribution >= 4 is 6.41 Å². The van der Waals surface area contributed by atoms with Crippen LogP contribution in [0.4, 0.5) is 0 Å². The SMILES string of the molecule is CCN(C=O)CC1CCOC1. The molecule has 1 saturated heterocycles. The van der Waals surface area contributed by atoms with Crippen LogP contribution in [0.25, 0.3) is 0 Å². The van der Waals surface area contributed by atoms with E-state index in [0.29, 0.717) is 5.92 Å².